The lowest BCUT2D eigenvalue weighted by atomic mass is 9.86. The van der Waals surface area contributed by atoms with E-state index < -0.39 is 5.97 Å². The van der Waals surface area contributed by atoms with Crippen LogP contribution in [-0.2, 0) is 14.3 Å². The molecule has 1 atom stereocenters. The second-order valence-electron chi connectivity index (χ2n) is 4.55. The highest BCUT2D eigenvalue weighted by Gasteiger charge is 2.38. The molecule has 0 aromatic rings. The number of carboxylic acid groups (broad SMARTS) is 1. The number of ether oxygens (including phenoxy) is 2. The topological polar surface area (TPSA) is 59.0 Å². The second-order valence-corrected chi connectivity index (χ2v) is 4.55. The molecule has 1 N–H and O–H groups in total. The first-order valence-corrected chi connectivity index (χ1v) is 5.78. The Hall–Kier alpha value is -0.650. The summed E-state index contributed by atoms with van der Waals surface area (Å²) in [4.78, 5) is 13.0. The van der Waals surface area contributed by atoms with Gasteiger partial charge in [0.25, 0.3) is 0 Å². The van der Waals surface area contributed by atoms with Gasteiger partial charge in [-0.15, -0.1) is 0 Å². The van der Waals surface area contributed by atoms with Crippen molar-refractivity contribution < 1.29 is 19.4 Å². The lowest BCUT2D eigenvalue weighted by Gasteiger charge is -2.47. The van der Waals surface area contributed by atoms with Gasteiger partial charge < -0.3 is 14.6 Å². The number of aliphatic carboxylic acids is 1. The highest BCUT2D eigenvalue weighted by Crippen LogP contribution is 2.30. The molecule has 5 nitrogen and oxygen atoms in total. The Kier molecular flexibility index (Phi) is 3.78. The van der Waals surface area contributed by atoms with E-state index in [0.29, 0.717) is 25.4 Å². The van der Waals surface area contributed by atoms with E-state index in [1.165, 1.54) is 0 Å². The Bertz CT molecular complexity index is 252. The Labute approximate surface area is 95.3 Å². The Balaban J connectivity index is 1.87. The summed E-state index contributed by atoms with van der Waals surface area (Å²) in [7, 11) is 1.73. The summed E-state index contributed by atoms with van der Waals surface area (Å²) in [5.41, 5.74) is 0. The van der Waals surface area contributed by atoms with E-state index in [9.17, 15) is 4.79 Å². The van der Waals surface area contributed by atoms with Gasteiger partial charge in [-0.25, -0.2) is 0 Å². The van der Waals surface area contributed by atoms with Gasteiger partial charge in [-0.2, -0.15) is 0 Å². The Morgan fingerprint density at radius 1 is 1.56 bits per heavy atom. The molecule has 1 aliphatic carbocycles. The molecule has 2 rings (SSSR count). The molecule has 1 saturated carbocycles. The first kappa shape index (κ1) is 11.8. The minimum Gasteiger partial charge on any atom is -0.481 e. The van der Waals surface area contributed by atoms with E-state index in [1.54, 1.807) is 7.11 Å². The van der Waals surface area contributed by atoms with Gasteiger partial charge in [0.15, 0.2) is 0 Å². The van der Waals surface area contributed by atoms with Crippen molar-refractivity contribution in [1.82, 2.24) is 4.90 Å². The number of methoxy groups -OCH3 is 1. The highest BCUT2D eigenvalue weighted by atomic mass is 16.5. The fraction of sp³-hybridized carbons (Fsp3) is 0.909. The van der Waals surface area contributed by atoms with Crippen LogP contribution in [0.25, 0.3) is 0 Å². The van der Waals surface area contributed by atoms with Crippen LogP contribution in [0.4, 0.5) is 0 Å². The van der Waals surface area contributed by atoms with E-state index in [-0.39, 0.29) is 12.5 Å². The average Bonchev–Trinajstić information content (AvgIpc) is 2.18. The molecule has 0 amide bonds. The van der Waals surface area contributed by atoms with Crippen molar-refractivity contribution in [2.24, 2.45) is 0 Å². The van der Waals surface area contributed by atoms with E-state index in [0.717, 1.165) is 19.4 Å². The van der Waals surface area contributed by atoms with E-state index in [1.807, 2.05) is 0 Å². The summed E-state index contributed by atoms with van der Waals surface area (Å²) < 4.78 is 10.6. The van der Waals surface area contributed by atoms with Crippen molar-refractivity contribution in [3.05, 3.63) is 0 Å². The lowest BCUT2D eigenvalue weighted by Crippen LogP contribution is -2.57. The number of carbonyl (C=O) groups is 1. The molecule has 5 heteroatoms. The monoisotopic (exact) mass is 229 g/mol. The maximum atomic E-state index is 10.8. The van der Waals surface area contributed by atoms with Crippen LogP contribution in [0.2, 0.25) is 0 Å². The summed E-state index contributed by atoms with van der Waals surface area (Å²) >= 11 is 0. The van der Waals surface area contributed by atoms with Crippen LogP contribution in [0.5, 0.6) is 0 Å². The van der Waals surface area contributed by atoms with Crippen molar-refractivity contribution in [3.63, 3.8) is 0 Å². The molecule has 0 bridgehead atoms. The van der Waals surface area contributed by atoms with Gasteiger partial charge >= 0.3 is 5.97 Å². The molecule has 0 spiro atoms. The molecule has 92 valence electrons. The van der Waals surface area contributed by atoms with Gasteiger partial charge in [-0.1, -0.05) is 0 Å². The van der Waals surface area contributed by atoms with Gasteiger partial charge in [0.05, 0.1) is 25.7 Å². The smallest absolute Gasteiger partial charge is 0.305 e. The molecule has 2 fully saturated rings. The summed E-state index contributed by atoms with van der Waals surface area (Å²) in [5, 5.41) is 8.85. The predicted molar refractivity (Wildman–Crippen MR) is 57.4 cm³/mol. The van der Waals surface area contributed by atoms with Crippen molar-refractivity contribution >= 4 is 5.97 Å². The van der Waals surface area contributed by atoms with Crippen LogP contribution in [0.3, 0.4) is 0 Å². The Morgan fingerprint density at radius 2 is 2.31 bits per heavy atom. The molecule has 0 radical (unpaired) electrons. The molecule has 0 aromatic carbocycles. The molecule has 1 saturated heterocycles. The van der Waals surface area contributed by atoms with Gasteiger partial charge in [-0.3, -0.25) is 9.69 Å². The second kappa shape index (κ2) is 5.12. The van der Waals surface area contributed by atoms with E-state index >= 15 is 0 Å². The number of rotatable bonds is 4. The highest BCUT2D eigenvalue weighted by molar-refractivity contribution is 5.67. The molecule has 1 aliphatic heterocycles. The zero-order valence-electron chi connectivity index (χ0n) is 9.59. The van der Waals surface area contributed by atoms with Crippen molar-refractivity contribution in [2.75, 3.05) is 26.9 Å². The molecule has 16 heavy (non-hydrogen) atoms. The molecular weight excluding hydrogens is 210 g/mol. The maximum Gasteiger partial charge on any atom is 0.305 e. The zero-order valence-corrected chi connectivity index (χ0v) is 9.59. The third-order valence-corrected chi connectivity index (χ3v) is 3.56. The standard InChI is InChI=1S/C11H19NO4/c1-15-10-4-8(5-10)12-2-3-16-7-9(12)6-11(13)14/h8-10H,2-7H2,1H3,(H,13,14). The zero-order chi connectivity index (χ0) is 11.5. The predicted octanol–water partition coefficient (Wildman–Crippen LogP) is 0.339. The van der Waals surface area contributed by atoms with E-state index in [4.69, 9.17) is 14.6 Å². The van der Waals surface area contributed by atoms with Gasteiger partial charge in [-0.05, 0) is 12.8 Å². The number of morpholine rings is 1. The largest absolute Gasteiger partial charge is 0.481 e. The summed E-state index contributed by atoms with van der Waals surface area (Å²) in [6.07, 6.45) is 2.58. The molecular formula is C11H19NO4. The van der Waals surface area contributed by atoms with E-state index in [2.05, 4.69) is 4.90 Å². The fourth-order valence-corrected chi connectivity index (χ4v) is 2.53. The van der Waals surface area contributed by atoms with Crippen LogP contribution in [0, 0.1) is 0 Å². The number of hydrogen-bond donors (Lipinski definition) is 1. The number of carboxylic acids is 1. The third-order valence-electron chi connectivity index (χ3n) is 3.56. The van der Waals surface area contributed by atoms with Crippen LogP contribution in [-0.4, -0.2) is 61.0 Å². The minimum atomic E-state index is -0.747. The maximum absolute atomic E-state index is 10.8. The van der Waals surface area contributed by atoms with Gasteiger partial charge in [0, 0.05) is 25.7 Å². The first-order chi connectivity index (χ1) is 7.70. The summed E-state index contributed by atoms with van der Waals surface area (Å²) in [6.45, 7) is 2.10. The Morgan fingerprint density at radius 3 is 2.94 bits per heavy atom. The minimum absolute atomic E-state index is 0.0362. The summed E-state index contributed by atoms with van der Waals surface area (Å²) in [6, 6.07) is 0.521. The summed E-state index contributed by atoms with van der Waals surface area (Å²) in [5.74, 6) is -0.747. The van der Waals surface area contributed by atoms with Crippen LogP contribution < -0.4 is 0 Å². The molecule has 2 aliphatic rings. The fourth-order valence-electron chi connectivity index (χ4n) is 2.53. The van der Waals surface area contributed by atoms with Crippen LogP contribution in [0.1, 0.15) is 19.3 Å². The number of hydrogen-bond acceptors (Lipinski definition) is 4. The SMILES string of the molecule is COC1CC(N2CCOCC2CC(=O)O)C1. The first-order valence-electron chi connectivity index (χ1n) is 5.78. The molecule has 1 unspecified atom stereocenters. The number of nitrogens with zero attached hydrogens (tertiary/aromatic N) is 1. The molecule has 1 heterocycles. The average molecular weight is 229 g/mol. The third kappa shape index (κ3) is 2.53. The lowest BCUT2D eigenvalue weighted by molar-refractivity contribution is -0.142. The quantitative estimate of drug-likeness (QED) is 0.753. The normalized spacial score (nSPS) is 35.7. The van der Waals surface area contributed by atoms with Gasteiger partial charge in [0.2, 0.25) is 0 Å². The molecule has 0 aromatic heterocycles. The van der Waals surface area contributed by atoms with Crippen molar-refractivity contribution in [1.29, 1.82) is 0 Å². The van der Waals surface area contributed by atoms with Crippen molar-refractivity contribution in [3.8, 4) is 0 Å². The van der Waals surface area contributed by atoms with Crippen molar-refractivity contribution in [2.45, 2.75) is 37.5 Å². The van der Waals surface area contributed by atoms with Crippen LogP contribution >= 0.6 is 0 Å². The van der Waals surface area contributed by atoms with Crippen LogP contribution in [0.15, 0.2) is 0 Å². The van der Waals surface area contributed by atoms with Gasteiger partial charge in [0.1, 0.15) is 0 Å².